The number of halogens is 1. The Bertz CT molecular complexity index is 611. The van der Waals surface area contributed by atoms with Gasteiger partial charge in [0.15, 0.2) is 0 Å². The molecule has 1 aromatic heterocycles. The Balaban J connectivity index is 2.08. The lowest BCUT2D eigenvalue weighted by Gasteiger charge is -2.11. The van der Waals surface area contributed by atoms with Crippen LogP contribution in [0.15, 0.2) is 14.7 Å². The van der Waals surface area contributed by atoms with E-state index in [2.05, 4.69) is 27.6 Å². The van der Waals surface area contributed by atoms with Gasteiger partial charge in [0.1, 0.15) is 9.77 Å². The van der Waals surface area contributed by atoms with Gasteiger partial charge in [0.05, 0.1) is 3.79 Å². The lowest BCUT2D eigenvalue weighted by molar-refractivity contribution is 0.0702. The Morgan fingerprint density at radius 3 is 2.75 bits per heavy atom. The normalized spacial score (nSPS) is 23.1. The number of carboxylic acids is 1. The molecule has 112 valence electrons. The molecule has 2 atom stereocenters. The minimum atomic E-state index is -3.66. The first-order valence-electron chi connectivity index (χ1n) is 6.32. The second-order valence-corrected chi connectivity index (χ2v) is 9.30. The zero-order chi connectivity index (χ0) is 14.9. The SMILES string of the molecule is CC1CCC(CNS(=O)(=O)c2cc(C(=O)O)sc2Br)C1. The Morgan fingerprint density at radius 1 is 1.55 bits per heavy atom. The Hall–Kier alpha value is -0.440. The molecule has 0 aliphatic heterocycles. The van der Waals surface area contributed by atoms with Crippen LogP contribution in [0.25, 0.3) is 0 Å². The van der Waals surface area contributed by atoms with Crippen LogP contribution in [0.4, 0.5) is 0 Å². The van der Waals surface area contributed by atoms with E-state index in [-0.39, 0.29) is 9.77 Å². The second kappa shape index (κ2) is 6.13. The summed E-state index contributed by atoms with van der Waals surface area (Å²) in [4.78, 5) is 10.9. The lowest BCUT2D eigenvalue weighted by Crippen LogP contribution is -2.28. The lowest BCUT2D eigenvalue weighted by atomic mass is 10.1. The number of carbonyl (C=O) groups is 1. The molecular weight excluding hydrogens is 366 g/mol. The van der Waals surface area contributed by atoms with Gasteiger partial charge in [-0.05, 0) is 46.7 Å². The summed E-state index contributed by atoms with van der Waals surface area (Å²) in [7, 11) is -3.66. The van der Waals surface area contributed by atoms with E-state index in [1.54, 1.807) is 0 Å². The zero-order valence-electron chi connectivity index (χ0n) is 10.9. The third-order valence-corrected chi connectivity index (χ3v) is 7.18. The molecule has 5 nitrogen and oxygen atoms in total. The number of carboxylic acid groups (broad SMARTS) is 1. The first-order chi connectivity index (χ1) is 9.29. The molecule has 0 radical (unpaired) electrons. The molecule has 0 aromatic carbocycles. The van der Waals surface area contributed by atoms with Crippen molar-refractivity contribution in [3.63, 3.8) is 0 Å². The predicted molar refractivity (Wildman–Crippen MR) is 80.7 cm³/mol. The molecule has 1 saturated carbocycles. The highest BCUT2D eigenvalue weighted by Crippen LogP contribution is 2.33. The maximum Gasteiger partial charge on any atom is 0.345 e. The van der Waals surface area contributed by atoms with E-state index >= 15 is 0 Å². The van der Waals surface area contributed by atoms with Crippen molar-refractivity contribution in [2.45, 2.75) is 31.1 Å². The van der Waals surface area contributed by atoms with E-state index in [1.165, 1.54) is 6.07 Å². The molecule has 1 aromatic rings. The topological polar surface area (TPSA) is 83.5 Å². The average molecular weight is 382 g/mol. The molecule has 8 heteroatoms. The van der Waals surface area contributed by atoms with Crippen molar-refractivity contribution in [1.82, 2.24) is 4.72 Å². The molecule has 0 amide bonds. The van der Waals surface area contributed by atoms with Crippen LogP contribution in [-0.2, 0) is 10.0 Å². The highest BCUT2D eigenvalue weighted by atomic mass is 79.9. The fraction of sp³-hybridized carbons (Fsp3) is 0.583. The fourth-order valence-corrected chi connectivity index (χ4v) is 5.97. The summed E-state index contributed by atoms with van der Waals surface area (Å²) in [6.07, 6.45) is 3.21. The molecule has 20 heavy (non-hydrogen) atoms. The summed E-state index contributed by atoms with van der Waals surface area (Å²) in [5, 5.41) is 8.89. The van der Waals surface area contributed by atoms with Crippen LogP contribution in [0.5, 0.6) is 0 Å². The molecule has 1 fully saturated rings. The number of thiophene rings is 1. The van der Waals surface area contributed by atoms with Crippen LogP contribution in [0.2, 0.25) is 0 Å². The number of hydrogen-bond acceptors (Lipinski definition) is 4. The molecule has 2 N–H and O–H groups in total. The minimum Gasteiger partial charge on any atom is -0.477 e. The van der Waals surface area contributed by atoms with Crippen LogP contribution in [0, 0.1) is 11.8 Å². The maximum absolute atomic E-state index is 12.2. The third kappa shape index (κ3) is 3.60. The van der Waals surface area contributed by atoms with Gasteiger partial charge in [-0.25, -0.2) is 17.9 Å². The van der Waals surface area contributed by atoms with Crippen LogP contribution in [0.1, 0.15) is 35.9 Å². The van der Waals surface area contributed by atoms with Gasteiger partial charge in [0.2, 0.25) is 10.0 Å². The van der Waals surface area contributed by atoms with E-state index in [1.807, 2.05) is 0 Å². The van der Waals surface area contributed by atoms with Crippen molar-refractivity contribution in [2.24, 2.45) is 11.8 Å². The van der Waals surface area contributed by atoms with Crippen molar-refractivity contribution in [2.75, 3.05) is 6.54 Å². The van der Waals surface area contributed by atoms with Gasteiger partial charge >= 0.3 is 5.97 Å². The Kier molecular flexibility index (Phi) is 4.88. The van der Waals surface area contributed by atoms with Crippen LogP contribution >= 0.6 is 27.3 Å². The molecule has 1 heterocycles. The monoisotopic (exact) mass is 381 g/mol. The summed E-state index contributed by atoms with van der Waals surface area (Å²) in [5.74, 6) is -0.103. The zero-order valence-corrected chi connectivity index (χ0v) is 14.1. The molecule has 0 bridgehead atoms. The van der Waals surface area contributed by atoms with Crippen molar-refractivity contribution >= 4 is 43.3 Å². The maximum atomic E-state index is 12.2. The first kappa shape index (κ1) is 15.9. The largest absolute Gasteiger partial charge is 0.477 e. The van der Waals surface area contributed by atoms with Gasteiger partial charge < -0.3 is 5.11 Å². The highest BCUT2D eigenvalue weighted by molar-refractivity contribution is 9.11. The van der Waals surface area contributed by atoms with Crippen molar-refractivity contribution < 1.29 is 18.3 Å². The first-order valence-corrected chi connectivity index (χ1v) is 9.41. The van der Waals surface area contributed by atoms with Crippen molar-refractivity contribution in [3.05, 3.63) is 14.7 Å². The fourth-order valence-electron chi connectivity index (χ4n) is 2.46. The van der Waals surface area contributed by atoms with Gasteiger partial charge in [0, 0.05) is 6.54 Å². The van der Waals surface area contributed by atoms with E-state index in [9.17, 15) is 13.2 Å². The molecule has 1 aliphatic carbocycles. The van der Waals surface area contributed by atoms with Gasteiger partial charge in [-0.15, -0.1) is 11.3 Å². The van der Waals surface area contributed by atoms with Gasteiger partial charge in [-0.1, -0.05) is 13.3 Å². The van der Waals surface area contributed by atoms with Gasteiger partial charge in [0.25, 0.3) is 0 Å². The summed E-state index contributed by atoms with van der Waals surface area (Å²) >= 11 is 4.03. The summed E-state index contributed by atoms with van der Waals surface area (Å²) in [6.45, 7) is 2.58. The Morgan fingerprint density at radius 2 is 2.25 bits per heavy atom. The van der Waals surface area contributed by atoms with Crippen molar-refractivity contribution in [3.8, 4) is 0 Å². The summed E-state index contributed by atoms with van der Waals surface area (Å²) < 4.78 is 27.3. The average Bonchev–Trinajstić information content (AvgIpc) is 2.93. The number of hydrogen-bond donors (Lipinski definition) is 2. The summed E-state index contributed by atoms with van der Waals surface area (Å²) in [5.41, 5.74) is 0. The van der Waals surface area contributed by atoms with Crippen molar-refractivity contribution in [1.29, 1.82) is 0 Å². The van der Waals surface area contributed by atoms with Crippen LogP contribution in [-0.4, -0.2) is 26.0 Å². The molecule has 2 rings (SSSR count). The second-order valence-electron chi connectivity index (χ2n) is 5.19. The van der Waals surface area contributed by atoms with Gasteiger partial charge in [-0.3, -0.25) is 0 Å². The van der Waals surface area contributed by atoms with Gasteiger partial charge in [-0.2, -0.15) is 0 Å². The molecule has 2 unspecified atom stereocenters. The number of nitrogens with one attached hydrogen (secondary N) is 1. The predicted octanol–water partition coefficient (Wildman–Crippen LogP) is 2.92. The number of rotatable bonds is 5. The Labute approximate surface area is 130 Å². The van der Waals surface area contributed by atoms with E-state index in [0.29, 0.717) is 22.2 Å². The molecule has 0 saturated heterocycles. The molecule has 1 aliphatic rings. The third-order valence-electron chi connectivity index (χ3n) is 3.52. The molecule has 0 spiro atoms. The van der Waals surface area contributed by atoms with E-state index in [4.69, 9.17) is 5.11 Å². The smallest absolute Gasteiger partial charge is 0.345 e. The molecular formula is C12H16BrNO4S2. The van der Waals surface area contributed by atoms with Crippen LogP contribution < -0.4 is 4.72 Å². The summed E-state index contributed by atoms with van der Waals surface area (Å²) in [6, 6.07) is 1.19. The number of sulfonamides is 1. The standard InChI is InChI=1S/C12H16BrNO4S2/c1-7-2-3-8(4-7)6-14-20(17,18)10-5-9(12(15)16)19-11(10)13/h5,7-8,14H,2-4,6H2,1H3,(H,15,16). The minimum absolute atomic E-state index is 0.00551. The van der Waals surface area contributed by atoms with E-state index < -0.39 is 16.0 Å². The van der Waals surface area contributed by atoms with Crippen LogP contribution in [0.3, 0.4) is 0 Å². The highest BCUT2D eigenvalue weighted by Gasteiger charge is 2.26. The quantitative estimate of drug-likeness (QED) is 0.820. The number of aromatic carboxylic acids is 1. The van der Waals surface area contributed by atoms with E-state index in [0.717, 1.165) is 30.6 Å².